The van der Waals surface area contributed by atoms with E-state index in [2.05, 4.69) is 48.6 Å². The second-order valence-corrected chi connectivity index (χ2v) is 7.03. The van der Waals surface area contributed by atoms with Crippen LogP contribution in [0.5, 0.6) is 5.75 Å². The average Bonchev–Trinajstić information content (AvgIpc) is 2.72. The largest absolute Gasteiger partial charge is 0.493 e. The van der Waals surface area contributed by atoms with Crippen molar-refractivity contribution in [3.8, 4) is 5.75 Å². The third-order valence-electron chi connectivity index (χ3n) is 4.26. The number of aryl methyl sites for hydroxylation is 2. The number of hydrogen-bond donors (Lipinski definition) is 3. The number of aliphatic carboxylic acids is 2. The monoisotopic (exact) mass is 455 g/mol. The van der Waals surface area contributed by atoms with Crippen molar-refractivity contribution >= 4 is 11.9 Å². The van der Waals surface area contributed by atoms with Gasteiger partial charge in [0.25, 0.3) is 0 Å². The van der Waals surface area contributed by atoms with Gasteiger partial charge in [-0.25, -0.2) is 4.79 Å². The predicted molar refractivity (Wildman–Crippen MR) is 114 cm³/mol. The topological polar surface area (TPSA) is 95.9 Å². The van der Waals surface area contributed by atoms with Gasteiger partial charge in [-0.05, 0) is 49.6 Å². The van der Waals surface area contributed by atoms with Gasteiger partial charge in [0.05, 0.1) is 13.0 Å². The van der Waals surface area contributed by atoms with Gasteiger partial charge < -0.3 is 20.3 Å². The Hall–Kier alpha value is -3.07. The zero-order valence-corrected chi connectivity index (χ0v) is 17.8. The minimum absolute atomic E-state index is 0.171. The van der Waals surface area contributed by atoms with E-state index in [1.807, 2.05) is 12.1 Å². The van der Waals surface area contributed by atoms with Gasteiger partial charge >= 0.3 is 18.1 Å². The van der Waals surface area contributed by atoms with E-state index in [9.17, 15) is 18.0 Å². The fourth-order valence-electron chi connectivity index (χ4n) is 2.57. The van der Waals surface area contributed by atoms with Crippen molar-refractivity contribution in [2.75, 3.05) is 19.7 Å². The highest BCUT2D eigenvalue weighted by Gasteiger charge is 2.38. The van der Waals surface area contributed by atoms with Crippen molar-refractivity contribution in [2.45, 2.75) is 38.8 Å². The quantitative estimate of drug-likeness (QED) is 0.439. The highest BCUT2D eigenvalue weighted by Crippen LogP contribution is 2.15. The van der Waals surface area contributed by atoms with E-state index >= 15 is 0 Å². The second-order valence-electron chi connectivity index (χ2n) is 7.03. The third kappa shape index (κ3) is 12.6. The Kier molecular flexibility index (Phi) is 11.9. The lowest BCUT2D eigenvalue weighted by atomic mass is 10.1. The lowest BCUT2D eigenvalue weighted by Crippen LogP contribution is -2.21. The molecule has 0 amide bonds. The number of carboxylic acids is 2. The Bertz CT molecular complexity index is 838. The first-order valence-corrected chi connectivity index (χ1v) is 10.1. The van der Waals surface area contributed by atoms with Crippen LogP contribution in [0.15, 0.2) is 48.5 Å². The molecule has 3 N–H and O–H groups in total. The van der Waals surface area contributed by atoms with E-state index in [4.69, 9.17) is 19.7 Å². The zero-order chi connectivity index (χ0) is 24.0. The van der Waals surface area contributed by atoms with E-state index in [1.165, 1.54) is 16.7 Å². The minimum atomic E-state index is -5.08. The number of ether oxygens (including phenoxy) is 1. The van der Waals surface area contributed by atoms with Gasteiger partial charge in [-0.1, -0.05) is 42.0 Å². The minimum Gasteiger partial charge on any atom is -0.493 e. The number of carboxylic acid groups (broad SMARTS) is 2. The summed E-state index contributed by atoms with van der Waals surface area (Å²) < 4.78 is 37.6. The molecule has 2 aromatic carbocycles. The van der Waals surface area contributed by atoms with Crippen LogP contribution in [0.2, 0.25) is 0 Å². The number of halogens is 3. The smallest absolute Gasteiger partial charge is 0.490 e. The van der Waals surface area contributed by atoms with Gasteiger partial charge in [0, 0.05) is 13.0 Å². The Balaban J connectivity index is 0.000000633. The Morgan fingerprint density at radius 1 is 0.969 bits per heavy atom. The summed E-state index contributed by atoms with van der Waals surface area (Å²) in [7, 11) is 0. The SMILES string of the molecule is Cc1ccc(CCOc2cccc(CCCNCCC(=O)O)c2)cc1.O=C(O)C(F)(F)F. The molecule has 0 unspecified atom stereocenters. The Morgan fingerprint density at radius 3 is 2.22 bits per heavy atom. The Labute approximate surface area is 185 Å². The van der Waals surface area contributed by atoms with Crippen LogP contribution in [0, 0.1) is 6.92 Å². The van der Waals surface area contributed by atoms with E-state index < -0.39 is 18.1 Å². The fraction of sp³-hybridized carbons (Fsp3) is 0.391. The molecular formula is C23H28F3NO5. The number of benzene rings is 2. The molecule has 0 aromatic heterocycles. The molecule has 0 bridgehead atoms. The van der Waals surface area contributed by atoms with E-state index in [1.54, 1.807) is 0 Å². The van der Waals surface area contributed by atoms with E-state index in [0.29, 0.717) is 13.2 Å². The lowest BCUT2D eigenvalue weighted by Gasteiger charge is -2.09. The first-order valence-electron chi connectivity index (χ1n) is 10.1. The fourth-order valence-corrected chi connectivity index (χ4v) is 2.57. The third-order valence-corrected chi connectivity index (χ3v) is 4.26. The van der Waals surface area contributed by atoms with Crippen molar-refractivity contribution in [3.05, 3.63) is 65.2 Å². The molecule has 9 heteroatoms. The molecule has 2 aromatic rings. The summed E-state index contributed by atoms with van der Waals surface area (Å²) in [6.07, 6.45) is -2.08. The van der Waals surface area contributed by atoms with Crippen molar-refractivity contribution in [2.24, 2.45) is 0 Å². The van der Waals surface area contributed by atoms with Crippen molar-refractivity contribution in [1.82, 2.24) is 5.32 Å². The van der Waals surface area contributed by atoms with Crippen molar-refractivity contribution < 1.29 is 37.7 Å². The van der Waals surface area contributed by atoms with Gasteiger partial charge in [-0.2, -0.15) is 13.2 Å². The van der Waals surface area contributed by atoms with Gasteiger partial charge in [-0.15, -0.1) is 0 Å². The Morgan fingerprint density at radius 2 is 1.62 bits per heavy atom. The molecule has 6 nitrogen and oxygen atoms in total. The van der Waals surface area contributed by atoms with Gasteiger partial charge in [0.15, 0.2) is 0 Å². The molecule has 0 aliphatic rings. The summed E-state index contributed by atoms with van der Waals surface area (Å²) in [5.74, 6) is -2.61. The molecule has 0 saturated carbocycles. The number of nitrogens with one attached hydrogen (secondary N) is 1. The molecule has 0 spiro atoms. The number of alkyl halides is 3. The maximum absolute atomic E-state index is 10.6. The summed E-state index contributed by atoms with van der Waals surface area (Å²) in [5.41, 5.74) is 3.80. The summed E-state index contributed by atoms with van der Waals surface area (Å²) >= 11 is 0. The van der Waals surface area contributed by atoms with Gasteiger partial charge in [0.1, 0.15) is 5.75 Å². The van der Waals surface area contributed by atoms with Gasteiger partial charge in [-0.3, -0.25) is 4.79 Å². The highest BCUT2D eigenvalue weighted by atomic mass is 19.4. The van der Waals surface area contributed by atoms with Crippen molar-refractivity contribution in [1.29, 1.82) is 0 Å². The van der Waals surface area contributed by atoms with Crippen LogP contribution in [-0.2, 0) is 22.4 Å². The van der Waals surface area contributed by atoms with Crippen LogP contribution in [0.25, 0.3) is 0 Å². The summed E-state index contributed by atoms with van der Waals surface area (Å²) in [5, 5.41) is 18.9. The molecule has 0 aliphatic carbocycles. The van der Waals surface area contributed by atoms with Crippen molar-refractivity contribution in [3.63, 3.8) is 0 Å². The first-order chi connectivity index (χ1) is 15.1. The van der Waals surface area contributed by atoms with Crippen LogP contribution >= 0.6 is 0 Å². The number of rotatable bonds is 11. The average molecular weight is 455 g/mol. The molecule has 0 aliphatic heterocycles. The second kappa shape index (κ2) is 14.1. The first kappa shape index (κ1) is 27.0. The lowest BCUT2D eigenvalue weighted by molar-refractivity contribution is -0.192. The molecule has 0 heterocycles. The summed E-state index contributed by atoms with van der Waals surface area (Å²) in [6, 6.07) is 16.7. The maximum atomic E-state index is 10.6. The number of carbonyl (C=O) groups is 2. The predicted octanol–water partition coefficient (Wildman–Crippen LogP) is 4.25. The summed E-state index contributed by atoms with van der Waals surface area (Å²) in [6.45, 7) is 4.11. The maximum Gasteiger partial charge on any atom is 0.490 e. The highest BCUT2D eigenvalue weighted by molar-refractivity contribution is 5.73. The molecule has 0 fully saturated rings. The van der Waals surface area contributed by atoms with Crippen LogP contribution in [0.4, 0.5) is 13.2 Å². The number of hydrogen-bond acceptors (Lipinski definition) is 4. The van der Waals surface area contributed by atoms with Crippen LogP contribution in [0.1, 0.15) is 29.5 Å². The molecule has 0 atom stereocenters. The molecule has 0 saturated heterocycles. The molecular weight excluding hydrogens is 427 g/mol. The van der Waals surface area contributed by atoms with E-state index in [0.717, 1.165) is 31.6 Å². The molecule has 0 radical (unpaired) electrons. The zero-order valence-electron chi connectivity index (χ0n) is 17.8. The standard InChI is InChI=1S/C21H27NO3.C2HF3O2/c1-17-7-9-18(10-8-17)12-15-25-20-6-2-4-19(16-20)5-3-13-22-14-11-21(23)24;3-2(4,5)1(6)7/h2,4,6-10,16,22H,3,5,11-15H2,1H3,(H,23,24);(H,6,7). The normalized spacial score (nSPS) is 10.8. The summed E-state index contributed by atoms with van der Waals surface area (Å²) in [4.78, 5) is 19.3. The van der Waals surface area contributed by atoms with Crippen LogP contribution in [0.3, 0.4) is 0 Å². The van der Waals surface area contributed by atoms with Gasteiger partial charge in [0.2, 0.25) is 0 Å². The van der Waals surface area contributed by atoms with Crippen LogP contribution < -0.4 is 10.1 Å². The molecule has 32 heavy (non-hydrogen) atoms. The molecule has 176 valence electrons. The molecule has 2 rings (SSSR count). The van der Waals surface area contributed by atoms with Crippen LogP contribution in [-0.4, -0.2) is 48.0 Å². The van der Waals surface area contributed by atoms with E-state index in [-0.39, 0.29) is 6.42 Å².